The van der Waals surface area contributed by atoms with Gasteiger partial charge in [0, 0.05) is 11.0 Å². The topological polar surface area (TPSA) is 22.4 Å². The van der Waals surface area contributed by atoms with Gasteiger partial charge in [0.05, 0.1) is 7.11 Å². The minimum Gasteiger partial charge on any atom is -0.497 e. The number of allylic oxidation sites excluding steroid dienone is 2. The number of ether oxygens (including phenoxy) is 1. The molecule has 0 aliphatic heterocycles. The molecule has 2 heteroatoms. The Bertz CT molecular complexity index is 675. The molecule has 2 nitrogen and oxygen atoms in total. The van der Waals surface area contributed by atoms with Crippen LogP contribution in [0, 0.1) is 0 Å². The number of furan rings is 1. The van der Waals surface area contributed by atoms with Crippen LogP contribution >= 0.6 is 0 Å². The van der Waals surface area contributed by atoms with Gasteiger partial charge in [0.1, 0.15) is 17.3 Å². The highest BCUT2D eigenvalue weighted by atomic mass is 16.5. The lowest BCUT2D eigenvalue weighted by molar-refractivity contribution is 0.403. The Morgan fingerprint density at radius 2 is 1.59 bits per heavy atom. The van der Waals surface area contributed by atoms with E-state index in [0.717, 1.165) is 28.4 Å². The van der Waals surface area contributed by atoms with Gasteiger partial charge in [0.25, 0.3) is 0 Å². The van der Waals surface area contributed by atoms with Crippen molar-refractivity contribution in [1.29, 1.82) is 0 Å². The zero-order valence-electron chi connectivity index (χ0n) is 14.7. The van der Waals surface area contributed by atoms with E-state index in [0.29, 0.717) is 0 Å². The molecule has 1 aromatic carbocycles. The average molecular weight is 298 g/mol. The monoisotopic (exact) mass is 298 g/mol. The second kappa shape index (κ2) is 6.04. The second-order valence-electron chi connectivity index (χ2n) is 6.96. The van der Waals surface area contributed by atoms with Gasteiger partial charge in [-0.1, -0.05) is 38.5 Å². The molecule has 0 aliphatic carbocycles. The number of benzene rings is 1. The molecule has 1 aromatic heterocycles. The predicted octanol–water partition coefficient (Wildman–Crippen LogP) is 6.07. The van der Waals surface area contributed by atoms with Crippen LogP contribution in [-0.2, 0) is 5.41 Å². The fourth-order valence-corrected chi connectivity index (χ4v) is 2.25. The number of hydrogen-bond donors (Lipinski definition) is 0. The summed E-state index contributed by atoms with van der Waals surface area (Å²) in [4.78, 5) is 0. The molecule has 0 saturated heterocycles. The highest BCUT2D eigenvalue weighted by Crippen LogP contribution is 2.37. The lowest BCUT2D eigenvalue weighted by atomic mass is 9.92. The van der Waals surface area contributed by atoms with Crippen LogP contribution in [0.3, 0.4) is 0 Å². The van der Waals surface area contributed by atoms with E-state index >= 15 is 0 Å². The molecule has 0 spiro atoms. The van der Waals surface area contributed by atoms with Gasteiger partial charge in [-0.2, -0.15) is 0 Å². The first-order valence-corrected chi connectivity index (χ1v) is 7.67. The number of rotatable bonds is 3. The van der Waals surface area contributed by atoms with Crippen molar-refractivity contribution in [2.75, 3.05) is 7.11 Å². The molecule has 2 rings (SSSR count). The predicted molar refractivity (Wildman–Crippen MR) is 93.3 cm³/mol. The Kier molecular flexibility index (Phi) is 4.50. The van der Waals surface area contributed by atoms with Crippen LogP contribution in [-0.4, -0.2) is 7.11 Å². The zero-order chi connectivity index (χ0) is 16.5. The molecule has 22 heavy (non-hydrogen) atoms. The fraction of sp³-hybridized carbons (Fsp3) is 0.400. The third-order valence-electron chi connectivity index (χ3n) is 3.96. The minimum absolute atomic E-state index is 0.0125. The van der Waals surface area contributed by atoms with Crippen molar-refractivity contribution in [3.8, 4) is 16.9 Å². The standard InChI is InChI=1S/C20H26O2/c1-13(2)14(3)19-17(12-18(22-19)20(4,5)6)15-8-10-16(21-7)11-9-15/h8-12H,1-7H3. The van der Waals surface area contributed by atoms with Gasteiger partial charge in [-0.05, 0) is 50.1 Å². The summed E-state index contributed by atoms with van der Waals surface area (Å²) in [6, 6.07) is 10.3. The summed E-state index contributed by atoms with van der Waals surface area (Å²) < 4.78 is 11.5. The smallest absolute Gasteiger partial charge is 0.137 e. The van der Waals surface area contributed by atoms with Crippen molar-refractivity contribution in [3.05, 3.63) is 47.4 Å². The van der Waals surface area contributed by atoms with E-state index in [2.05, 4.69) is 59.7 Å². The molecular weight excluding hydrogens is 272 g/mol. The van der Waals surface area contributed by atoms with Gasteiger partial charge in [-0.15, -0.1) is 0 Å². The van der Waals surface area contributed by atoms with Crippen LogP contribution in [0.1, 0.15) is 53.1 Å². The first-order valence-electron chi connectivity index (χ1n) is 7.67. The van der Waals surface area contributed by atoms with Crippen LogP contribution in [0.15, 0.2) is 40.3 Å². The summed E-state index contributed by atoms with van der Waals surface area (Å²) in [5.41, 5.74) is 4.74. The van der Waals surface area contributed by atoms with Crippen LogP contribution in [0.25, 0.3) is 16.7 Å². The summed E-state index contributed by atoms with van der Waals surface area (Å²) in [6.07, 6.45) is 0. The molecular formula is C20H26O2. The van der Waals surface area contributed by atoms with Crippen molar-refractivity contribution in [2.45, 2.75) is 47.0 Å². The van der Waals surface area contributed by atoms with Crippen molar-refractivity contribution in [2.24, 2.45) is 0 Å². The van der Waals surface area contributed by atoms with Gasteiger partial charge < -0.3 is 9.15 Å². The Morgan fingerprint density at radius 1 is 1.00 bits per heavy atom. The zero-order valence-corrected chi connectivity index (χ0v) is 14.7. The molecule has 0 aliphatic rings. The van der Waals surface area contributed by atoms with Crippen LogP contribution < -0.4 is 4.74 Å². The molecule has 0 radical (unpaired) electrons. The molecule has 118 valence electrons. The van der Waals surface area contributed by atoms with Crippen molar-refractivity contribution in [1.82, 2.24) is 0 Å². The number of hydrogen-bond acceptors (Lipinski definition) is 2. The quantitative estimate of drug-likeness (QED) is 0.686. The second-order valence-corrected chi connectivity index (χ2v) is 6.96. The van der Waals surface area contributed by atoms with Crippen molar-refractivity contribution < 1.29 is 9.15 Å². The third-order valence-corrected chi connectivity index (χ3v) is 3.96. The lowest BCUT2D eigenvalue weighted by Gasteiger charge is -2.14. The Morgan fingerprint density at radius 3 is 2.05 bits per heavy atom. The van der Waals surface area contributed by atoms with Gasteiger partial charge in [-0.3, -0.25) is 0 Å². The molecule has 0 bridgehead atoms. The van der Waals surface area contributed by atoms with Gasteiger partial charge in [0.15, 0.2) is 0 Å². The third kappa shape index (κ3) is 3.27. The van der Waals surface area contributed by atoms with Gasteiger partial charge in [0.2, 0.25) is 0 Å². The average Bonchev–Trinajstić information content (AvgIpc) is 2.91. The molecule has 0 amide bonds. The summed E-state index contributed by atoms with van der Waals surface area (Å²) in [5, 5.41) is 0. The van der Waals surface area contributed by atoms with E-state index < -0.39 is 0 Å². The van der Waals surface area contributed by atoms with E-state index in [1.54, 1.807) is 7.11 Å². The van der Waals surface area contributed by atoms with E-state index in [9.17, 15) is 0 Å². The van der Waals surface area contributed by atoms with Crippen LogP contribution in [0.4, 0.5) is 0 Å². The summed E-state index contributed by atoms with van der Waals surface area (Å²) in [7, 11) is 1.68. The fourth-order valence-electron chi connectivity index (χ4n) is 2.25. The maximum absolute atomic E-state index is 6.22. The van der Waals surface area contributed by atoms with E-state index in [4.69, 9.17) is 9.15 Å². The highest BCUT2D eigenvalue weighted by Gasteiger charge is 2.23. The SMILES string of the molecule is COc1ccc(-c2cc(C(C)(C)C)oc2C(C)=C(C)C)cc1. The summed E-state index contributed by atoms with van der Waals surface area (Å²) in [5.74, 6) is 2.84. The normalized spacial score (nSPS) is 11.4. The van der Waals surface area contributed by atoms with Crippen LogP contribution in [0.2, 0.25) is 0 Å². The van der Waals surface area contributed by atoms with Crippen LogP contribution in [0.5, 0.6) is 5.75 Å². The first kappa shape index (κ1) is 16.4. The van der Waals surface area contributed by atoms with E-state index in [1.807, 2.05) is 12.1 Å². The molecule has 0 fully saturated rings. The largest absolute Gasteiger partial charge is 0.497 e. The Labute approximate surface area is 133 Å². The van der Waals surface area contributed by atoms with E-state index in [1.165, 1.54) is 11.1 Å². The summed E-state index contributed by atoms with van der Waals surface area (Å²) in [6.45, 7) is 12.9. The summed E-state index contributed by atoms with van der Waals surface area (Å²) >= 11 is 0. The Balaban J connectivity index is 2.62. The molecule has 0 N–H and O–H groups in total. The maximum atomic E-state index is 6.22. The lowest BCUT2D eigenvalue weighted by Crippen LogP contribution is -2.09. The molecule has 2 aromatic rings. The maximum Gasteiger partial charge on any atom is 0.137 e. The highest BCUT2D eigenvalue weighted by molar-refractivity contribution is 5.79. The van der Waals surface area contributed by atoms with E-state index in [-0.39, 0.29) is 5.41 Å². The molecule has 0 unspecified atom stereocenters. The minimum atomic E-state index is -0.0125. The van der Waals surface area contributed by atoms with Crippen molar-refractivity contribution >= 4 is 5.57 Å². The van der Waals surface area contributed by atoms with Gasteiger partial charge >= 0.3 is 0 Å². The molecule has 0 atom stereocenters. The van der Waals surface area contributed by atoms with Gasteiger partial charge in [-0.25, -0.2) is 0 Å². The first-order chi connectivity index (χ1) is 10.2. The van der Waals surface area contributed by atoms with Crippen molar-refractivity contribution in [3.63, 3.8) is 0 Å². The molecule has 0 saturated carbocycles. The molecule has 1 heterocycles. The Hall–Kier alpha value is -1.96. The number of methoxy groups -OCH3 is 1.